The van der Waals surface area contributed by atoms with E-state index < -0.39 is 18.5 Å². The topological polar surface area (TPSA) is 81.4 Å². The Bertz CT molecular complexity index is 978. The van der Waals surface area contributed by atoms with Gasteiger partial charge in [0.25, 0.3) is 5.91 Å². The van der Waals surface area contributed by atoms with Crippen LogP contribution in [0.4, 0.5) is 5.69 Å². The lowest BCUT2D eigenvalue weighted by Crippen LogP contribution is -2.21. The number of ether oxygens (including phenoxy) is 1. The van der Waals surface area contributed by atoms with E-state index in [0.29, 0.717) is 23.1 Å². The molecule has 0 aliphatic heterocycles. The van der Waals surface area contributed by atoms with Crippen LogP contribution in [-0.4, -0.2) is 23.6 Å². The molecule has 0 bridgehead atoms. The van der Waals surface area contributed by atoms with Crippen molar-refractivity contribution in [2.24, 2.45) is 0 Å². The number of amides is 1. The molecule has 6 nitrogen and oxygen atoms in total. The highest BCUT2D eigenvalue weighted by atomic mass is 16.5. The summed E-state index contributed by atoms with van der Waals surface area (Å²) in [4.78, 5) is 24.7. The molecular weight excluding hydrogens is 368 g/mol. The van der Waals surface area contributed by atoms with Crippen LogP contribution in [0.25, 0.3) is 11.3 Å². The second kappa shape index (κ2) is 9.19. The van der Waals surface area contributed by atoms with Gasteiger partial charge >= 0.3 is 5.97 Å². The Morgan fingerprint density at radius 1 is 1.10 bits per heavy atom. The molecule has 0 fully saturated rings. The minimum absolute atomic E-state index is 0.224. The van der Waals surface area contributed by atoms with E-state index in [9.17, 15) is 9.59 Å². The quantitative estimate of drug-likeness (QED) is 0.575. The molecule has 0 unspecified atom stereocenters. The highest BCUT2D eigenvalue weighted by molar-refractivity contribution is 5.99. The third-order valence-electron chi connectivity index (χ3n) is 4.82. The zero-order valence-corrected chi connectivity index (χ0v) is 16.8. The van der Waals surface area contributed by atoms with E-state index >= 15 is 0 Å². The second-order valence-corrected chi connectivity index (χ2v) is 6.88. The molecule has 0 saturated carbocycles. The van der Waals surface area contributed by atoms with Crippen molar-refractivity contribution in [2.45, 2.75) is 33.1 Å². The number of carbonyl (C=O) groups excluding carboxylic acids is 2. The molecule has 3 aromatic rings. The summed E-state index contributed by atoms with van der Waals surface area (Å²) in [7, 11) is 0. The van der Waals surface area contributed by atoms with E-state index in [-0.39, 0.29) is 5.56 Å². The molecule has 1 N–H and O–H groups in total. The van der Waals surface area contributed by atoms with E-state index in [1.807, 2.05) is 54.6 Å². The van der Waals surface area contributed by atoms with E-state index in [4.69, 9.17) is 9.26 Å². The Kier molecular flexibility index (Phi) is 6.44. The van der Waals surface area contributed by atoms with Gasteiger partial charge in [0.15, 0.2) is 6.61 Å². The number of hydrogen-bond acceptors (Lipinski definition) is 5. The maximum atomic E-state index is 12.5. The number of rotatable bonds is 7. The van der Waals surface area contributed by atoms with Gasteiger partial charge in [-0.15, -0.1) is 0 Å². The van der Waals surface area contributed by atoms with Crippen LogP contribution in [-0.2, 0) is 9.53 Å². The van der Waals surface area contributed by atoms with Crippen molar-refractivity contribution in [1.29, 1.82) is 0 Å². The van der Waals surface area contributed by atoms with Crippen molar-refractivity contribution < 1.29 is 18.8 Å². The minimum atomic E-state index is -0.648. The summed E-state index contributed by atoms with van der Waals surface area (Å²) in [6, 6.07) is 16.9. The van der Waals surface area contributed by atoms with E-state index in [2.05, 4.69) is 24.3 Å². The Morgan fingerprint density at radius 2 is 1.79 bits per heavy atom. The Labute approximate surface area is 169 Å². The van der Waals surface area contributed by atoms with E-state index in [1.54, 1.807) is 6.92 Å². The lowest BCUT2D eigenvalue weighted by atomic mass is 9.99. The first-order valence-corrected chi connectivity index (χ1v) is 9.58. The summed E-state index contributed by atoms with van der Waals surface area (Å²) in [6.45, 7) is 5.53. The average molecular weight is 392 g/mol. The standard InChI is InChI=1S/C23H24N2O4/c1-4-15(2)17-10-12-19(13-11-17)24-20(26)14-28-23(27)21-16(3)29-25-22(21)18-8-6-5-7-9-18/h5-13,15H,4,14H2,1-3H3,(H,24,26)/t15-/m0/s1. The number of anilines is 1. The molecule has 3 rings (SSSR count). The molecule has 0 aliphatic rings. The van der Waals surface area contributed by atoms with Crippen LogP contribution in [0.5, 0.6) is 0 Å². The molecule has 150 valence electrons. The van der Waals surface area contributed by atoms with Crippen molar-refractivity contribution in [3.05, 3.63) is 71.5 Å². The Balaban J connectivity index is 1.61. The second-order valence-electron chi connectivity index (χ2n) is 6.88. The van der Waals surface area contributed by atoms with Gasteiger partial charge in [0.2, 0.25) is 0 Å². The third-order valence-corrected chi connectivity index (χ3v) is 4.82. The maximum Gasteiger partial charge on any atom is 0.344 e. The van der Waals surface area contributed by atoms with Crippen molar-refractivity contribution in [3.63, 3.8) is 0 Å². The first-order chi connectivity index (χ1) is 14.0. The first kappa shape index (κ1) is 20.3. The largest absolute Gasteiger partial charge is 0.452 e. The third kappa shape index (κ3) is 4.90. The molecule has 0 spiro atoms. The van der Waals surface area contributed by atoms with Crippen LogP contribution in [0.2, 0.25) is 0 Å². The predicted octanol–water partition coefficient (Wildman–Crippen LogP) is 4.96. The van der Waals surface area contributed by atoms with E-state index in [1.165, 1.54) is 5.56 Å². The minimum Gasteiger partial charge on any atom is -0.452 e. The molecular formula is C23H24N2O4. The lowest BCUT2D eigenvalue weighted by molar-refractivity contribution is -0.119. The fourth-order valence-electron chi connectivity index (χ4n) is 2.94. The van der Waals surface area contributed by atoms with Gasteiger partial charge in [0.05, 0.1) is 0 Å². The number of aryl methyl sites for hydroxylation is 1. The highest BCUT2D eigenvalue weighted by Gasteiger charge is 2.23. The summed E-state index contributed by atoms with van der Waals surface area (Å²) >= 11 is 0. The Hall–Kier alpha value is -3.41. The first-order valence-electron chi connectivity index (χ1n) is 9.58. The summed E-state index contributed by atoms with van der Waals surface area (Å²) < 4.78 is 10.4. The van der Waals surface area contributed by atoms with Crippen LogP contribution < -0.4 is 5.32 Å². The molecule has 29 heavy (non-hydrogen) atoms. The molecule has 0 aliphatic carbocycles. The van der Waals surface area contributed by atoms with E-state index in [0.717, 1.165) is 12.0 Å². The molecule has 1 amide bonds. The van der Waals surface area contributed by atoms with Crippen LogP contribution in [0, 0.1) is 6.92 Å². The van der Waals surface area contributed by atoms with Gasteiger partial charge in [0.1, 0.15) is 17.0 Å². The highest BCUT2D eigenvalue weighted by Crippen LogP contribution is 2.25. The summed E-state index contributed by atoms with van der Waals surface area (Å²) in [5, 5.41) is 6.69. The van der Waals surface area contributed by atoms with Crippen molar-refractivity contribution in [3.8, 4) is 11.3 Å². The number of benzene rings is 2. The fourth-order valence-corrected chi connectivity index (χ4v) is 2.94. The van der Waals surface area contributed by atoms with Gasteiger partial charge in [-0.25, -0.2) is 4.79 Å². The molecule has 6 heteroatoms. The van der Waals surface area contributed by atoms with Crippen LogP contribution in [0.1, 0.15) is 47.9 Å². The fraction of sp³-hybridized carbons (Fsp3) is 0.261. The molecule has 2 aromatic carbocycles. The van der Waals surface area contributed by atoms with Crippen molar-refractivity contribution >= 4 is 17.6 Å². The number of carbonyl (C=O) groups is 2. The lowest BCUT2D eigenvalue weighted by Gasteiger charge is -2.11. The number of nitrogens with zero attached hydrogens (tertiary/aromatic N) is 1. The summed E-state index contributed by atoms with van der Waals surface area (Å²) in [5.41, 5.74) is 3.23. The summed E-state index contributed by atoms with van der Waals surface area (Å²) in [6.07, 6.45) is 1.05. The monoisotopic (exact) mass is 392 g/mol. The van der Waals surface area contributed by atoms with Crippen LogP contribution in [0.3, 0.4) is 0 Å². The molecule has 1 atom stereocenters. The maximum absolute atomic E-state index is 12.5. The van der Waals surface area contributed by atoms with Crippen molar-refractivity contribution in [1.82, 2.24) is 5.16 Å². The van der Waals surface area contributed by atoms with Crippen molar-refractivity contribution in [2.75, 3.05) is 11.9 Å². The number of nitrogens with one attached hydrogen (secondary N) is 1. The van der Waals surface area contributed by atoms with Gasteiger partial charge in [-0.2, -0.15) is 0 Å². The zero-order chi connectivity index (χ0) is 20.8. The van der Waals surface area contributed by atoms with Crippen LogP contribution in [0.15, 0.2) is 59.1 Å². The van der Waals surface area contributed by atoms with Gasteiger partial charge in [-0.1, -0.05) is 61.5 Å². The normalized spacial score (nSPS) is 11.7. The Morgan fingerprint density at radius 3 is 2.45 bits per heavy atom. The van der Waals surface area contributed by atoms with Gasteiger partial charge < -0.3 is 14.6 Å². The predicted molar refractivity (Wildman–Crippen MR) is 111 cm³/mol. The number of hydrogen-bond donors (Lipinski definition) is 1. The van der Waals surface area contributed by atoms with Gasteiger partial charge in [-0.05, 0) is 37.0 Å². The zero-order valence-electron chi connectivity index (χ0n) is 16.8. The smallest absolute Gasteiger partial charge is 0.344 e. The molecule has 1 aromatic heterocycles. The van der Waals surface area contributed by atoms with Gasteiger partial charge in [0, 0.05) is 11.3 Å². The van der Waals surface area contributed by atoms with Gasteiger partial charge in [-0.3, -0.25) is 4.79 Å². The summed E-state index contributed by atoms with van der Waals surface area (Å²) in [5.74, 6) is -0.254. The average Bonchev–Trinajstić information content (AvgIpc) is 3.14. The number of aromatic nitrogens is 1. The van der Waals surface area contributed by atoms with Crippen LogP contribution >= 0.6 is 0 Å². The SMILES string of the molecule is CC[C@H](C)c1ccc(NC(=O)COC(=O)c2c(-c3ccccc3)noc2C)cc1. The number of esters is 1. The molecule has 1 heterocycles. The molecule has 0 saturated heterocycles. The molecule has 0 radical (unpaired) electrons.